The average molecular weight is 596 g/mol. The lowest BCUT2D eigenvalue weighted by molar-refractivity contribution is 0.0734. The number of hydrogen-bond donors (Lipinski definition) is 1. The van der Waals surface area contributed by atoms with Crippen molar-refractivity contribution in [3.8, 4) is 29.1 Å². The Morgan fingerprint density at radius 3 is 2.37 bits per heavy atom. The summed E-state index contributed by atoms with van der Waals surface area (Å²) in [6.45, 7) is 5.22. The summed E-state index contributed by atoms with van der Waals surface area (Å²) in [6, 6.07) is 17.7. The van der Waals surface area contributed by atoms with Crippen LogP contribution in [0.25, 0.3) is 0 Å². The third-order valence-electron chi connectivity index (χ3n) is 6.61. The number of fused-ring (bicyclic) bond motifs is 1. The number of hydrogen-bond acceptors (Lipinski definition) is 7. The number of ether oxygens (including phenoxy) is 4. The van der Waals surface area contributed by atoms with Crippen LogP contribution in [0.5, 0.6) is 23.0 Å². The summed E-state index contributed by atoms with van der Waals surface area (Å²) < 4.78 is 23.2. The number of carbonyl (C=O) groups excluding carboxylic acids is 1. The minimum absolute atomic E-state index is 0.0218. The SMILES string of the molecule is CCCCCOc1ccccc1C1C(C#N)=C(N)Oc2cc(OC(=O)c3cc(Cl)c(OCCCC)c(Cl)c3)ccc21. The number of unbranched alkanes of at least 4 members (excludes halogenated alkanes) is 3. The van der Waals surface area contributed by atoms with E-state index >= 15 is 0 Å². The van der Waals surface area contributed by atoms with Gasteiger partial charge in [0.2, 0.25) is 5.88 Å². The maximum Gasteiger partial charge on any atom is 0.343 e. The number of nitrogens with zero attached hydrogens (tertiary/aromatic N) is 1. The van der Waals surface area contributed by atoms with Crippen molar-refractivity contribution in [1.29, 1.82) is 5.26 Å². The zero-order chi connectivity index (χ0) is 29.4. The first-order chi connectivity index (χ1) is 19.9. The first kappa shape index (κ1) is 30.1. The van der Waals surface area contributed by atoms with Gasteiger partial charge >= 0.3 is 5.97 Å². The van der Waals surface area contributed by atoms with Crippen LogP contribution < -0.4 is 24.7 Å². The summed E-state index contributed by atoms with van der Waals surface area (Å²) in [6.07, 6.45) is 4.89. The third-order valence-corrected chi connectivity index (χ3v) is 7.18. The molecule has 0 aliphatic carbocycles. The molecule has 4 rings (SSSR count). The Hall–Kier alpha value is -3.86. The summed E-state index contributed by atoms with van der Waals surface area (Å²) in [5.41, 5.74) is 8.13. The Balaban J connectivity index is 1.60. The van der Waals surface area contributed by atoms with E-state index in [1.165, 1.54) is 12.1 Å². The van der Waals surface area contributed by atoms with E-state index in [0.717, 1.165) is 37.7 Å². The van der Waals surface area contributed by atoms with Crippen molar-refractivity contribution in [1.82, 2.24) is 0 Å². The van der Waals surface area contributed by atoms with Gasteiger partial charge in [-0.15, -0.1) is 0 Å². The highest BCUT2D eigenvalue weighted by Crippen LogP contribution is 2.46. The van der Waals surface area contributed by atoms with Gasteiger partial charge in [-0.2, -0.15) is 5.26 Å². The molecule has 0 saturated heterocycles. The molecule has 1 unspecified atom stereocenters. The van der Waals surface area contributed by atoms with Gasteiger partial charge < -0.3 is 24.7 Å². The van der Waals surface area contributed by atoms with Gasteiger partial charge in [0, 0.05) is 17.2 Å². The van der Waals surface area contributed by atoms with Crippen molar-refractivity contribution in [3.05, 3.63) is 92.8 Å². The van der Waals surface area contributed by atoms with Crippen molar-refractivity contribution < 1.29 is 23.7 Å². The Morgan fingerprint density at radius 1 is 0.951 bits per heavy atom. The van der Waals surface area contributed by atoms with Gasteiger partial charge in [-0.05, 0) is 37.1 Å². The van der Waals surface area contributed by atoms with Crippen LogP contribution in [0.15, 0.2) is 66.1 Å². The Morgan fingerprint density at radius 2 is 1.66 bits per heavy atom. The van der Waals surface area contributed by atoms with Crippen LogP contribution in [-0.4, -0.2) is 19.2 Å². The molecule has 0 amide bonds. The molecule has 7 nitrogen and oxygen atoms in total. The van der Waals surface area contributed by atoms with Crippen LogP contribution in [0.3, 0.4) is 0 Å². The number of para-hydroxylation sites is 1. The van der Waals surface area contributed by atoms with Crippen LogP contribution in [0.4, 0.5) is 0 Å². The molecule has 9 heteroatoms. The molecule has 2 N–H and O–H groups in total. The molecule has 0 bridgehead atoms. The normalized spacial score (nSPS) is 14.1. The second kappa shape index (κ2) is 14.2. The summed E-state index contributed by atoms with van der Waals surface area (Å²) in [5.74, 6) is 0.396. The maximum atomic E-state index is 13.0. The highest BCUT2D eigenvalue weighted by atomic mass is 35.5. The van der Waals surface area contributed by atoms with E-state index < -0.39 is 11.9 Å². The standard InChI is InChI=1S/C32H32Cl2N2O5/c1-3-5-9-15-38-27-11-8-7-10-22(27)29-23-13-12-21(18-28(23)41-31(36)24(29)19-35)40-32(37)20-16-25(33)30(26(34)17-20)39-14-6-4-2/h7-8,10-13,16-18,29H,3-6,9,14-15,36H2,1-2H3. The number of carbonyl (C=O) groups is 1. The number of benzene rings is 3. The van der Waals surface area contributed by atoms with Gasteiger partial charge in [-0.1, -0.05) is 80.6 Å². The molecule has 0 fully saturated rings. The van der Waals surface area contributed by atoms with Gasteiger partial charge in [0.05, 0.1) is 34.7 Å². The van der Waals surface area contributed by atoms with E-state index in [4.69, 9.17) is 47.9 Å². The summed E-state index contributed by atoms with van der Waals surface area (Å²) in [7, 11) is 0. The smallest absolute Gasteiger partial charge is 0.343 e. The van der Waals surface area contributed by atoms with E-state index in [2.05, 4.69) is 13.0 Å². The molecule has 1 aliphatic rings. The van der Waals surface area contributed by atoms with Crippen molar-refractivity contribution >= 4 is 29.2 Å². The fraction of sp³-hybridized carbons (Fsp3) is 0.312. The largest absolute Gasteiger partial charge is 0.493 e. The van der Waals surface area contributed by atoms with Crippen LogP contribution in [0.2, 0.25) is 10.0 Å². The number of rotatable bonds is 12. The molecule has 0 aromatic heterocycles. The lowest BCUT2D eigenvalue weighted by Crippen LogP contribution is -2.21. The van der Waals surface area contributed by atoms with Crippen molar-refractivity contribution in [2.45, 2.75) is 51.9 Å². The molecule has 41 heavy (non-hydrogen) atoms. The van der Waals surface area contributed by atoms with Gasteiger partial charge in [-0.25, -0.2) is 4.79 Å². The number of nitrogens with two attached hydrogens (primary N) is 1. The Labute approximate surface area is 250 Å². The predicted octanol–water partition coefficient (Wildman–Crippen LogP) is 8.18. The van der Waals surface area contributed by atoms with E-state index in [0.29, 0.717) is 36.0 Å². The van der Waals surface area contributed by atoms with E-state index in [-0.39, 0.29) is 32.8 Å². The van der Waals surface area contributed by atoms with Crippen LogP contribution in [0, 0.1) is 11.3 Å². The summed E-state index contributed by atoms with van der Waals surface area (Å²) in [5, 5.41) is 10.4. The second-order valence-electron chi connectivity index (χ2n) is 9.58. The zero-order valence-corrected chi connectivity index (χ0v) is 24.6. The quantitative estimate of drug-likeness (QED) is 0.128. The zero-order valence-electron chi connectivity index (χ0n) is 23.0. The molecule has 1 heterocycles. The van der Waals surface area contributed by atoms with Gasteiger partial charge in [0.15, 0.2) is 5.75 Å². The molecule has 0 saturated carbocycles. The number of halogens is 2. The van der Waals surface area contributed by atoms with Gasteiger partial charge in [-0.3, -0.25) is 0 Å². The maximum absolute atomic E-state index is 13.0. The minimum Gasteiger partial charge on any atom is -0.493 e. The summed E-state index contributed by atoms with van der Waals surface area (Å²) >= 11 is 12.7. The Bertz CT molecular complexity index is 1460. The lowest BCUT2D eigenvalue weighted by Gasteiger charge is -2.28. The first-order valence-electron chi connectivity index (χ1n) is 13.6. The molecule has 0 spiro atoms. The van der Waals surface area contributed by atoms with Crippen LogP contribution in [-0.2, 0) is 0 Å². The van der Waals surface area contributed by atoms with Crippen LogP contribution in [0.1, 0.15) is 73.4 Å². The molecule has 1 aliphatic heterocycles. The topological polar surface area (TPSA) is 104 Å². The molecule has 0 radical (unpaired) electrons. The predicted molar refractivity (Wildman–Crippen MR) is 159 cm³/mol. The average Bonchev–Trinajstić information content (AvgIpc) is 2.96. The number of esters is 1. The van der Waals surface area contributed by atoms with E-state index in [1.54, 1.807) is 18.2 Å². The molecule has 3 aromatic rings. The molecule has 1 atom stereocenters. The van der Waals surface area contributed by atoms with Gasteiger partial charge in [0.25, 0.3) is 0 Å². The van der Waals surface area contributed by atoms with E-state index in [9.17, 15) is 10.1 Å². The van der Waals surface area contributed by atoms with Crippen molar-refractivity contribution in [2.24, 2.45) is 5.73 Å². The fourth-order valence-electron chi connectivity index (χ4n) is 4.50. The van der Waals surface area contributed by atoms with E-state index in [1.807, 2.05) is 31.2 Å². The molecular weight excluding hydrogens is 563 g/mol. The fourth-order valence-corrected chi connectivity index (χ4v) is 5.10. The molecule has 3 aromatic carbocycles. The molecule has 214 valence electrons. The summed E-state index contributed by atoms with van der Waals surface area (Å²) in [4.78, 5) is 13.0. The minimum atomic E-state index is -0.659. The third kappa shape index (κ3) is 7.08. The van der Waals surface area contributed by atoms with Crippen LogP contribution >= 0.6 is 23.2 Å². The lowest BCUT2D eigenvalue weighted by atomic mass is 9.83. The van der Waals surface area contributed by atoms with Crippen molar-refractivity contribution in [3.63, 3.8) is 0 Å². The number of allylic oxidation sites excluding steroid dienone is 1. The van der Waals surface area contributed by atoms with Crippen molar-refractivity contribution in [2.75, 3.05) is 13.2 Å². The first-order valence-corrected chi connectivity index (χ1v) is 14.4. The monoisotopic (exact) mass is 594 g/mol. The second-order valence-corrected chi connectivity index (χ2v) is 10.4. The number of nitriles is 1. The molecular formula is C32H32Cl2N2O5. The Kier molecular flexibility index (Phi) is 10.4. The highest BCUT2D eigenvalue weighted by Gasteiger charge is 2.33. The van der Waals surface area contributed by atoms with Gasteiger partial charge in [0.1, 0.15) is 28.9 Å². The highest BCUT2D eigenvalue weighted by molar-refractivity contribution is 6.37.